The van der Waals surface area contributed by atoms with Gasteiger partial charge in [0.15, 0.2) is 0 Å². The molecular formula is C14H25FN4. The fraction of sp³-hybridized carbons (Fsp3) is 0.786. The van der Waals surface area contributed by atoms with Crippen molar-refractivity contribution in [3.63, 3.8) is 0 Å². The average Bonchev–Trinajstić information content (AvgIpc) is 2.97. The van der Waals surface area contributed by atoms with Crippen molar-refractivity contribution in [1.29, 1.82) is 0 Å². The number of hydrogen-bond acceptors (Lipinski definition) is 3. The van der Waals surface area contributed by atoms with Gasteiger partial charge in [0.2, 0.25) is 0 Å². The van der Waals surface area contributed by atoms with Gasteiger partial charge < -0.3 is 9.88 Å². The molecule has 1 fully saturated rings. The molecule has 2 rings (SSSR count). The number of aromatic amines is 1. The summed E-state index contributed by atoms with van der Waals surface area (Å²) in [5, 5.41) is 0. The number of halogens is 1. The van der Waals surface area contributed by atoms with E-state index in [9.17, 15) is 4.39 Å². The molecule has 0 bridgehead atoms. The standard InChI is InChI=1S/C14H25FN4/c1-2-19-11-10-18(9-5-3-4-6-15)12-13(19)14-16-7-8-17-14/h7-8,13H,2-6,9-12H2,1H3,(H,16,17)/t13-/m1/s1. The van der Waals surface area contributed by atoms with Crippen LogP contribution in [0.4, 0.5) is 4.39 Å². The zero-order chi connectivity index (χ0) is 13.5. The minimum absolute atomic E-state index is 0.182. The van der Waals surface area contributed by atoms with Crippen molar-refractivity contribution >= 4 is 0 Å². The largest absolute Gasteiger partial charge is 0.347 e. The molecule has 0 radical (unpaired) electrons. The summed E-state index contributed by atoms with van der Waals surface area (Å²) < 4.78 is 12.1. The third-order valence-electron chi connectivity index (χ3n) is 3.92. The number of hydrogen-bond donors (Lipinski definition) is 1. The minimum Gasteiger partial charge on any atom is -0.347 e. The van der Waals surface area contributed by atoms with Crippen molar-refractivity contribution in [2.75, 3.05) is 39.4 Å². The number of H-pyrrole nitrogens is 1. The van der Waals surface area contributed by atoms with Gasteiger partial charge in [0.05, 0.1) is 12.7 Å². The lowest BCUT2D eigenvalue weighted by molar-refractivity contribution is 0.0730. The fourth-order valence-electron chi connectivity index (χ4n) is 2.78. The third kappa shape index (κ3) is 4.01. The molecule has 5 heteroatoms. The van der Waals surface area contributed by atoms with Crippen molar-refractivity contribution in [2.24, 2.45) is 0 Å². The minimum atomic E-state index is -0.182. The van der Waals surface area contributed by atoms with E-state index in [1.54, 1.807) is 0 Å². The van der Waals surface area contributed by atoms with Gasteiger partial charge in [-0.1, -0.05) is 6.92 Å². The molecule has 0 unspecified atom stereocenters. The number of rotatable bonds is 7. The highest BCUT2D eigenvalue weighted by Crippen LogP contribution is 2.22. The molecule has 108 valence electrons. The maximum atomic E-state index is 12.1. The second-order valence-electron chi connectivity index (χ2n) is 5.17. The first-order valence-electron chi connectivity index (χ1n) is 7.36. The summed E-state index contributed by atoms with van der Waals surface area (Å²) in [6, 6.07) is 0.370. The highest BCUT2D eigenvalue weighted by atomic mass is 19.1. The van der Waals surface area contributed by atoms with E-state index in [-0.39, 0.29) is 6.67 Å². The van der Waals surface area contributed by atoms with E-state index < -0.39 is 0 Å². The van der Waals surface area contributed by atoms with Gasteiger partial charge >= 0.3 is 0 Å². The van der Waals surface area contributed by atoms with Crippen LogP contribution in [-0.4, -0.2) is 59.2 Å². The normalized spacial score (nSPS) is 21.9. The Balaban J connectivity index is 1.85. The molecular weight excluding hydrogens is 243 g/mol. The van der Waals surface area contributed by atoms with Crippen molar-refractivity contribution in [1.82, 2.24) is 19.8 Å². The molecule has 1 aromatic rings. The molecule has 0 saturated carbocycles. The Morgan fingerprint density at radius 1 is 1.37 bits per heavy atom. The molecule has 0 aliphatic carbocycles. The Hall–Kier alpha value is -0.940. The number of aromatic nitrogens is 2. The molecule has 0 amide bonds. The van der Waals surface area contributed by atoms with E-state index in [1.807, 2.05) is 12.4 Å². The first-order valence-corrected chi connectivity index (χ1v) is 7.36. The molecule has 0 spiro atoms. The van der Waals surface area contributed by atoms with E-state index in [1.165, 1.54) is 0 Å². The lowest BCUT2D eigenvalue weighted by Crippen LogP contribution is -2.48. The molecule has 1 N–H and O–H groups in total. The van der Waals surface area contributed by atoms with E-state index in [4.69, 9.17) is 0 Å². The van der Waals surface area contributed by atoms with Crippen LogP contribution in [0.3, 0.4) is 0 Å². The van der Waals surface area contributed by atoms with Gasteiger partial charge in [-0.3, -0.25) is 9.29 Å². The van der Waals surface area contributed by atoms with Gasteiger partial charge in [0.1, 0.15) is 5.82 Å². The highest BCUT2D eigenvalue weighted by Gasteiger charge is 2.28. The van der Waals surface area contributed by atoms with E-state index in [2.05, 4.69) is 26.7 Å². The molecule has 19 heavy (non-hydrogen) atoms. The maximum Gasteiger partial charge on any atom is 0.124 e. The molecule has 4 nitrogen and oxygen atoms in total. The van der Waals surface area contributed by atoms with Gasteiger partial charge in [-0.2, -0.15) is 0 Å². The fourth-order valence-corrected chi connectivity index (χ4v) is 2.78. The molecule has 0 aromatic carbocycles. The second-order valence-corrected chi connectivity index (χ2v) is 5.17. The predicted molar refractivity (Wildman–Crippen MR) is 74.8 cm³/mol. The molecule has 1 saturated heterocycles. The van der Waals surface area contributed by atoms with Gasteiger partial charge in [0.25, 0.3) is 0 Å². The topological polar surface area (TPSA) is 35.2 Å². The first kappa shape index (κ1) is 14.5. The zero-order valence-corrected chi connectivity index (χ0v) is 11.8. The number of unbranched alkanes of at least 4 members (excludes halogenated alkanes) is 2. The number of nitrogens with one attached hydrogen (secondary N) is 1. The number of nitrogens with zero attached hydrogens (tertiary/aromatic N) is 3. The summed E-state index contributed by atoms with van der Waals surface area (Å²) in [5.41, 5.74) is 0. The lowest BCUT2D eigenvalue weighted by atomic mass is 10.1. The Labute approximate surface area is 115 Å². The van der Waals surface area contributed by atoms with Crippen LogP contribution in [0.2, 0.25) is 0 Å². The predicted octanol–water partition coefficient (Wildman–Crippen LogP) is 2.23. The lowest BCUT2D eigenvalue weighted by Gasteiger charge is -2.40. The number of likely N-dealkylation sites (N-methyl/N-ethyl adjacent to an activating group) is 1. The molecule has 2 heterocycles. The Bertz CT molecular complexity index is 341. The summed E-state index contributed by atoms with van der Waals surface area (Å²) in [5.74, 6) is 1.07. The molecule has 1 aliphatic rings. The third-order valence-corrected chi connectivity index (χ3v) is 3.92. The Kier molecular flexibility index (Phi) is 5.79. The van der Waals surface area contributed by atoms with Crippen molar-refractivity contribution in [3.05, 3.63) is 18.2 Å². The van der Waals surface area contributed by atoms with Gasteiger partial charge in [0, 0.05) is 32.0 Å². The van der Waals surface area contributed by atoms with E-state index in [0.717, 1.165) is 51.4 Å². The summed E-state index contributed by atoms with van der Waals surface area (Å²) in [6.07, 6.45) is 6.51. The van der Waals surface area contributed by atoms with Crippen LogP contribution in [0.1, 0.15) is 38.1 Å². The summed E-state index contributed by atoms with van der Waals surface area (Å²) in [6.45, 7) is 7.38. The Morgan fingerprint density at radius 3 is 2.95 bits per heavy atom. The quantitative estimate of drug-likeness (QED) is 0.770. The number of alkyl halides is 1. The van der Waals surface area contributed by atoms with Crippen LogP contribution in [0.5, 0.6) is 0 Å². The van der Waals surface area contributed by atoms with Crippen molar-refractivity contribution in [2.45, 2.75) is 32.2 Å². The summed E-state index contributed by atoms with van der Waals surface area (Å²) >= 11 is 0. The molecule has 1 aliphatic heterocycles. The molecule has 1 atom stereocenters. The monoisotopic (exact) mass is 268 g/mol. The smallest absolute Gasteiger partial charge is 0.124 e. The summed E-state index contributed by atoms with van der Waals surface area (Å²) in [4.78, 5) is 12.6. The van der Waals surface area contributed by atoms with Crippen LogP contribution >= 0.6 is 0 Å². The molecule has 1 aromatic heterocycles. The summed E-state index contributed by atoms with van der Waals surface area (Å²) in [7, 11) is 0. The average molecular weight is 268 g/mol. The van der Waals surface area contributed by atoms with Crippen molar-refractivity contribution < 1.29 is 4.39 Å². The van der Waals surface area contributed by atoms with Crippen LogP contribution in [0.15, 0.2) is 12.4 Å². The SMILES string of the molecule is CCN1CCN(CCCCCF)C[C@@H]1c1ncc[nH]1. The van der Waals surface area contributed by atoms with Gasteiger partial charge in [-0.15, -0.1) is 0 Å². The van der Waals surface area contributed by atoms with Crippen LogP contribution in [0.25, 0.3) is 0 Å². The maximum absolute atomic E-state index is 12.1. The zero-order valence-electron chi connectivity index (χ0n) is 11.8. The van der Waals surface area contributed by atoms with Crippen LogP contribution in [0, 0.1) is 0 Å². The number of piperazine rings is 1. The van der Waals surface area contributed by atoms with E-state index >= 15 is 0 Å². The van der Waals surface area contributed by atoms with Crippen LogP contribution in [-0.2, 0) is 0 Å². The first-order chi connectivity index (χ1) is 9.35. The second kappa shape index (κ2) is 7.60. The van der Waals surface area contributed by atoms with Crippen molar-refractivity contribution in [3.8, 4) is 0 Å². The Morgan fingerprint density at radius 2 is 2.26 bits per heavy atom. The van der Waals surface area contributed by atoms with Crippen LogP contribution < -0.4 is 0 Å². The van der Waals surface area contributed by atoms with Gasteiger partial charge in [-0.05, 0) is 32.4 Å². The number of imidazole rings is 1. The van der Waals surface area contributed by atoms with E-state index in [0.29, 0.717) is 12.5 Å². The van der Waals surface area contributed by atoms with Gasteiger partial charge in [-0.25, -0.2) is 4.98 Å². The highest BCUT2D eigenvalue weighted by molar-refractivity contribution is 4.99.